The van der Waals surface area contributed by atoms with Gasteiger partial charge in [0, 0.05) is 11.3 Å². The Morgan fingerprint density at radius 2 is 2.11 bits per heavy atom. The zero-order valence-corrected chi connectivity index (χ0v) is 12.5. The lowest BCUT2D eigenvalue weighted by Crippen LogP contribution is -2.21. The summed E-state index contributed by atoms with van der Waals surface area (Å²) in [6.45, 7) is 8.19. The number of thiazole rings is 1. The molecule has 4 heteroatoms. The van der Waals surface area contributed by atoms with Crippen LogP contribution in [0.4, 0.5) is 0 Å². The maximum atomic E-state index is 10.9. The summed E-state index contributed by atoms with van der Waals surface area (Å²) in [6, 6.07) is 6.08. The molecule has 0 spiro atoms. The first-order chi connectivity index (χ1) is 8.79. The minimum absolute atomic E-state index is 0.133. The number of fused-ring (bicyclic) bond motifs is 1. The zero-order valence-electron chi connectivity index (χ0n) is 11.7. The summed E-state index contributed by atoms with van der Waals surface area (Å²) in [5.41, 5.74) is 1.70. The SMILES string of the molecule is CC(C)c1nc2ccc(C(C)(C)CC(=O)O)cc2s1. The van der Waals surface area contributed by atoms with Crippen LogP contribution in [0.5, 0.6) is 0 Å². The Balaban J connectivity index is 2.43. The Bertz CT molecular complexity index is 614. The molecule has 0 unspecified atom stereocenters. The largest absolute Gasteiger partial charge is 0.481 e. The van der Waals surface area contributed by atoms with E-state index in [1.54, 1.807) is 11.3 Å². The van der Waals surface area contributed by atoms with Gasteiger partial charge in [0.1, 0.15) is 0 Å². The molecule has 2 aromatic rings. The van der Waals surface area contributed by atoms with Crippen molar-refractivity contribution in [3.8, 4) is 0 Å². The van der Waals surface area contributed by atoms with E-state index in [1.807, 2.05) is 26.0 Å². The summed E-state index contributed by atoms with van der Waals surface area (Å²) in [4.78, 5) is 15.5. The number of aliphatic carboxylic acids is 1. The number of hydrogen-bond acceptors (Lipinski definition) is 3. The second-order valence-electron chi connectivity index (χ2n) is 5.84. The van der Waals surface area contributed by atoms with Crippen molar-refractivity contribution in [1.82, 2.24) is 4.98 Å². The minimum atomic E-state index is -0.766. The van der Waals surface area contributed by atoms with Gasteiger partial charge in [-0.1, -0.05) is 33.8 Å². The zero-order chi connectivity index (χ0) is 14.2. The molecule has 1 aromatic heterocycles. The average Bonchev–Trinajstić information content (AvgIpc) is 2.69. The minimum Gasteiger partial charge on any atom is -0.481 e. The van der Waals surface area contributed by atoms with Crippen LogP contribution in [-0.2, 0) is 10.2 Å². The second kappa shape index (κ2) is 4.93. The molecular formula is C15H19NO2S. The summed E-state index contributed by atoms with van der Waals surface area (Å²) >= 11 is 1.70. The quantitative estimate of drug-likeness (QED) is 0.912. The van der Waals surface area contributed by atoms with Gasteiger partial charge in [-0.25, -0.2) is 4.98 Å². The fourth-order valence-electron chi connectivity index (χ4n) is 2.09. The predicted octanol–water partition coefficient (Wildman–Crippen LogP) is 4.17. The third-order valence-electron chi connectivity index (χ3n) is 3.27. The molecule has 1 N–H and O–H groups in total. The molecule has 0 saturated carbocycles. The highest BCUT2D eigenvalue weighted by Gasteiger charge is 2.24. The molecule has 1 aromatic carbocycles. The van der Waals surface area contributed by atoms with E-state index in [0.717, 1.165) is 20.8 Å². The second-order valence-corrected chi connectivity index (χ2v) is 6.91. The maximum Gasteiger partial charge on any atom is 0.304 e. The first-order valence-corrected chi connectivity index (χ1v) is 7.24. The van der Waals surface area contributed by atoms with E-state index in [9.17, 15) is 4.79 Å². The lowest BCUT2D eigenvalue weighted by atomic mass is 9.81. The van der Waals surface area contributed by atoms with Crippen molar-refractivity contribution in [2.75, 3.05) is 0 Å². The van der Waals surface area contributed by atoms with Crippen LogP contribution in [0, 0.1) is 0 Å². The standard InChI is InChI=1S/C15H19NO2S/c1-9(2)14-16-11-6-5-10(7-12(11)19-14)15(3,4)8-13(17)18/h5-7,9H,8H2,1-4H3,(H,17,18). The van der Waals surface area contributed by atoms with Gasteiger partial charge in [0.2, 0.25) is 0 Å². The number of benzene rings is 1. The van der Waals surface area contributed by atoms with Crippen molar-refractivity contribution < 1.29 is 9.90 Å². The van der Waals surface area contributed by atoms with Gasteiger partial charge in [-0.15, -0.1) is 11.3 Å². The molecule has 19 heavy (non-hydrogen) atoms. The van der Waals surface area contributed by atoms with E-state index in [4.69, 9.17) is 5.11 Å². The highest BCUT2D eigenvalue weighted by Crippen LogP contribution is 2.33. The van der Waals surface area contributed by atoms with E-state index in [-0.39, 0.29) is 11.8 Å². The molecule has 0 bridgehead atoms. The molecule has 0 fully saturated rings. The van der Waals surface area contributed by atoms with Crippen LogP contribution in [0.3, 0.4) is 0 Å². The molecular weight excluding hydrogens is 258 g/mol. The molecule has 0 aliphatic rings. The van der Waals surface area contributed by atoms with Gasteiger partial charge in [0.05, 0.1) is 21.6 Å². The van der Waals surface area contributed by atoms with Gasteiger partial charge in [0.15, 0.2) is 0 Å². The molecule has 2 rings (SSSR count). The van der Waals surface area contributed by atoms with Crippen LogP contribution in [0.15, 0.2) is 18.2 Å². The summed E-state index contributed by atoms with van der Waals surface area (Å²) in [5, 5.41) is 10.1. The van der Waals surface area contributed by atoms with Crippen LogP contribution in [0.25, 0.3) is 10.2 Å². The summed E-state index contributed by atoms with van der Waals surface area (Å²) < 4.78 is 1.14. The molecule has 1 heterocycles. The fraction of sp³-hybridized carbons (Fsp3) is 0.467. The van der Waals surface area contributed by atoms with Crippen LogP contribution in [0.1, 0.15) is 50.6 Å². The third-order valence-corrected chi connectivity index (χ3v) is 4.59. The summed E-state index contributed by atoms with van der Waals surface area (Å²) in [7, 11) is 0. The number of nitrogens with zero attached hydrogens (tertiary/aromatic N) is 1. The molecule has 0 atom stereocenters. The van der Waals surface area contributed by atoms with Crippen LogP contribution in [-0.4, -0.2) is 16.1 Å². The van der Waals surface area contributed by atoms with Gasteiger partial charge in [-0.2, -0.15) is 0 Å². The van der Waals surface area contributed by atoms with E-state index in [1.165, 1.54) is 0 Å². The van der Waals surface area contributed by atoms with Crippen molar-refractivity contribution in [3.05, 3.63) is 28.8 Å². The molecule has 0 aliphatic carbocycles. The monoisotopic (exact) mass is 277 g/mol. The Kier molecular flexibility index (Phi) is 3.63. The molecule has 102 valence electrons. The number of hydrogen-bond donors (Lipinski definition) is 1. The van der Waals surface area contributed by atoms with E-state index >= 15 is 0 Å². The third kappa shape index (κ3) is 2.95. The topological polar surface area (TPSA) is 50.2 Å². The number of aromatic nitrogens is 1. The molecule has 0 saturated heterocycles. The lowest BCUT2D eigenvalue weighted by Gasteiger charge is -2.22. The van der Waals surface area contributed by atoms with Crippen molar-refractivity contribution in [2.24, 2.45) is 0 Å². The van der Waals surface area contributed by atoms with Crippen LogP contribution >= 0.6 is 11.3 Å². The lowest BCUT2D eigenvalue weighted by molar-refractivity contribution is -0.138. The van der Waals surface area contributed by atoms with E-state index < -0.39 is 5.97 Å². The van der Waals surface area contributed by atoms with Gasteiger partial charge in [-0.05, 0) is 17.7 Å². The Morgan fingerprint density at radius 1 is 1.42 bits per heavy atom. The molecule has 0 radical (unpaired) electrons. The summed E-state index contributed by atoms with van der Waals surface area (Å²) in [6.07, 6.45) is 0.133. The Morgan fingerprint density at radius 3 is 2.68 bits per heavy atom. The highest BCUT2D eigenvalue weighted by molar-refractivity contribution is 7.18. The predicted molar refractivity (Wildman–Crippen MR) is 79.0 cm³/mol. The normalized spacial score (nSPS) is 12.3. The van der Waals surface area contributed by atoms with Gasteiger partial charge < -0.3 is 5.11 Å². The van der Waals surface area contributed by atoms with Crippen LogP contribution < -0.4 is 0 Å². The highest BCUT2D eigenvalue weighted by atomic mass is 32.1. The molecule has 0 aliphatic heterocycles. The van der Waals surface area contributed by atoms with Gasteiger partial charge in [0.25, 0.3) is 0 Å². The first-order valence-electron chi connectivity index (χ1n) is 6.42. The average molecular weight is 277 g/mol. The van der Waals surface area contributed by atoms with E-state index in [0.29, 0.717) is 5.92 Å². The summed E-state index contributed by atoms with van der Waals surface area (Å²) in [5.74, 6) is -0.342. The van der Waals surface area contributed by atoms with Gasteiger partial charge in [-0.3, -0.25) is 4.79 Å². The smallest absolute Gasteiger partial charge is 0.304 e. The first kappa shape index (κ1) is 14.0. The number of carboxylic acid groups (broad SMARTS) is 1. The van der Waals surface area contributed by atoms with Crippen molar-refractivity contribution in [3.63, 3.8) is 0 Å². The van der Waals surface area contributed by atoms with E-state index in [2.05, 4.69) is 24.9 Å². The number of carboxylic acids is 1. The van der Waals surface area contributed by atoms with Crippen LogP contribution in [0.2, 0.25) is 0 Å². The van der Waals surface area contributed by atoms with Gasteiger partial charge >= 0.3 is 5.97 Å². The maximum absolute atomic E-state index is 10.9. The molecule has 0 amide bonds. The Hall–Kier alpha value is -1.42. The Labute approximate surface area is 117 Å². The number of carbonyl (C=O) groups is 1. The van der Waals surface area contributed by atoms with Crippen molar-refractivity contribution in [1.29, 1.82) is 0 Å². The van der Waals surface area contributed by atoms with Crippen molar-refractivity contribution in [2.45, 2.75) is 45.4 Å². The fourth-order valence-corrected chi connectivity index (χ4v) is 3.10. The number of rotatable bonds is 4. The molecule has 3 nitrogen and oxygen atoms in total. The van der Waals surface area contributed by atoms with Crippen molar-refractivity contribution >= 4 is 27.5 Å².